The Bertz CT molecular complexity index is 566. The molecule has 0 saturated heterocycles. The zero-order valence-electron chi connectivity index (χ0n) is 11.4. The van der Waals surface area contributed by atoms with Crippen molar-refractivity contribution < 1.29 is 4.52 Å². The molecule has 6 heteroatoms. The quantitative estimate of drug-likeness (QED) is 0.892. The van der Waals surface area contributed by atoms with Crippen LogP contribution in [0.2, 0.25) is 0 Å². The van der Waals surface area contributed by atoms with Gasteiger partial charge in [0, 0.05) is 15.9 Å². The van der Waals surface area contributed by atoms with Crippen LogP contribution in [-0.4, -0.2) is 22.7 Å². The van der Waals surface area contributed by atoms with Crippen LogP contribution in [-0.2, 0) is 0 Å². The number of likely N-dealkylation sites (N-methyl/N-ethyl adjacent to an activating group) is 1. The molecule has 1 N–H and O–H groups in total. The molecule has 4 nitrogen and oxygen atoms in total. The summed E-state index contributed by atoms with van der Waals surface area (Å²) in [6.45, 7) is 3.13. The standard InChI is InChI=1S/C14H18BrN3OS/c1-2-16-11-6-4-3-5-10(11)14-17-13(18-19-14)12-7-9(15)8-20-12/h7-8,10-11,16H,2-6H2,1H3. The maximum Gasteiger partial charge on any atom is 0.231 e. The molecule has 1 aliphatic carbocycles. The second-order valence-corrected chi connectivity index (χ2v) is 6.97. The summed E-state index contributed by atoms with van der Waals surface area (Å²) in [6, 6.07) is 2.50. The molecule has 0 radical (unpaired) electrons. The molecule has 2 atom stereocenters. The lowest BCUT2D eigenvalue weighted by molar-refractivity contribution is 0.265. The van der Waals surface area contributed by atoms with E-state index in [1.54, 1.807) is 11.3 Å². The van der Waals surface area contributed by atoms with E-state index in [0.29, 0.717) is 17.8 Å². The van der Waals surface area contributed by atoms with Gasteiger partial charge in [0.15, 0.2) is 0 Å². The average molecular weight is 356 g/mol. The molecule has 108 valence electrons. The Morgan fingerprint density at radius 2 is 2.30 bits per heavy atom. The second kappa shape index (κ2) is 6.37. The minimum atomic E-state index is 0.355. The summed E-state index contributed by atoms with van der Waals surface area (Å²) in [5, 5.41) is 9.73. The molecule has 2 aromatic rings. The molecule has 0 spiro atoms. The van der Waals surface area contributed by atoms with Gasteiger partial charge in [0.1, 0.15) is 0 Å². The number of hydrogen-bond donors (Lipinski definition) is 1. The number of hydrogen-bond acceptors (Lipinski definition) is 5. The Morgan fingerprint density at radius 1 is 1.45 bits per heavy atom. The molecule has 0 aromatic carbocycles. The molecular weight excluding hydrogens is 338 g/mol. The molecule has 0 amide bonds. The van der Waals surface area contributed by atoms with Crippen molar-refractivity contribution in [1.82, 2.24) is 15.5 Å². The van der Waals surface area contributed by atoms with Crippen molar-refractivity contribution in [1.29, 1.82) is 0 Å². The minimum Gasteiger partial charge on any atom is -0.339 e. The van der Waals surface area contributed by atoms with Crippen LogP contribution in [0, 0.1) is 0 Å². The fourth-order valence-electron chi connectivity index (χ4n) is 2.85. The number of nitrogens with zero attached hydrogens (tertiary/aromatic N) is 2. The molecule has 2 aromatic heterocycles. The summed E-state index contributed by atoms with van der Waals surface area (Å²) < 4.78 is 6.60. The van der Waals surface area contributed by atoms with E-state index in [4.69, 9.17) is 4.52 Å². The highest BCUT2D eigenvalue weighted by atomic mass is 79.9. The highest BCUT2D eigenvalue weighted by molar-refractivity contribution is 9.10. The normalized spacial score (nSPS) is 23.1. The number of rotatable bonds is 4. The van der Waals surface area contributed by atoms with Crippen LogP contribution in [0.3, 0.4) is 0 Å². The summed E-state index contributed by atoms with van der Waals surface area (Å²) >= 11 is 5.08. The molecule has 0 bridgehead atoms. The monoisotopic (exact) mass is 355 g/mol. The van der Waals surface area contributed by atoms with E-state index in [1.807, 2.05) is 11.4 Å². The van der Waals surface area contributed by atoms with Crippen molar-refractivity contribution in [3.05, 3.63) is 21.8 Å². The molecular formula is C14H18BrN3OS. The fraction of sp³-hybridized carbons (Fsp3) is 0.571. The van der Waals surface area contributed by atoms with Gasteiger partial charge >= 0.3 is 0 Å². The van der Waals surface area contributed by atoms with Crippen LogP contribution >= 0.6 is 27.3 Å². The third-order valence-electron chi connectivity index (χ3n) is 3.78. The van der Waals surface area contributed by atoms with Gasteiger partial charge < -0.3 is 9.84 Å². The number of thiophene rings is 1. The Kier molecular flexibility index (Phi) is 4.53. The molecule has 1 aliphatic rings. The largest absolute Gasteiger partial charge is 0.339 e. The van der Waals surface area contributed by atoms with Crippen LogP contribution in [0.25, 0.3) is 10.7 Å². The van der Waals surface area contributed by atoms with Gasteiger partial charge in [-0.15, -0.1) is 11.3 Å². The molecule has 3 rings (SSSR count). The lowest BCUT2D eigenvalue weighted by Crippen LogP contribution is -2.37. The van der Waals surface area contributed by atoms with Gasteiger partial charge in [0.2, 0.25) is 11.7 Å². The van der Waals surface area contributed by atoms with E-state index in [1.165, 1.54) is 19.3 Å². The first-order valence-electron chi connectivity index (χ1n) is 7.09. The Hall–Kier alpha value is -0.720. The first-order chi connectivity index (χ1) is 9.78. The van der Waals surface area contributed by atoms with Crippen molar-refractivity contribution in [3.8, 4) is 10.7 Å². The first-order valence-corrected chi connectivity index (χ1v) is 8.76. The Morgan fingerprint density at radius 3 is 3.05 bits per heavy atom. The van der Waals surface area contributed by atoms with Gasteiger partial charge in [-0.05, 0) is 41.4 Å². The molecule has 2 unspecified atom stereocenters. The highest BCUT2D eigenvalue weighted by Gasteiger charge is 2.30. The van der Waals surface area contributed by atoms with E-state index >= 15 is 0 Å². The Balaban J connectivity index is 1.81. The summed E-state index contributed by atoms with van der Waals surface area (Å²) in [6.07, 6.45) is 4.86. The van der Waals surface area contributed by atoms with E-state index in [-0.39, 0.29) is 0 Å². The smallest absolute Gasteiger partial charge is 0.231 e. The lowest BCUT2D eigenvalue weighted by Gasteiger charge is -2.29. The summed E-state index contributed by atoms with van der Waals surface area (Å²) in [7, 11) is 0. The fourth-order valence-corrected chi connectivity index (χ4v) is 4.20. The van der Waals surface area contributed by atoms with E-state index in [0.717, 1.165) is 28.2 Å². The molecule has 20 heavy (non-hydrogen) atoms. The zero-order chi connectivity index (χ0) is 13.9. The van der Waals surface area contributed by atoms with Gasteiger partial charge in [0.05, 0.1) is 10.8 Å². The third-order valence-corrected chi connectivity index (χ3v) is 5.47. The third kappa shape index (κ3) is 2.97. The summed E-state index contributed by atoms with van der Waals surface area (Å²) in [5.74, 6) is 1.85. The van der Waals surface area contributed by atoms with Gasteiger partial charge in [-0.3, -0.25) is 0 Å². The van der Waals surface area contributed by atoms with Crippen molar-refractivity contribution >= 4 is 27.3 Å². The van der Waals surface area contributed by atoms with Crippen LogP contribution < -0.4 is 5.32 Å². The van der Waals surface area contributed by atoms with E-state index in [2.05, 4.69) is 38.3 Å². The molecule has 0 aliphatic heterocycles. The molecule has 1 saturated carbocycles. The zero-order valence-corrected chi connectivity index (χ0v) is 13.8. The van der Waals surface area contributed by atoms with Crippen molar-refractivity contribution in [2.75, 3.05) is 6.54 Å². The Labute approximate surface area is 131 Å². The number of halogens is 1. The maximum absolute atomic E-state index is 5.53. The van der Waals surface area contributed by atoms with Crippen molar-refractivity contribution in [2.24, 2.45) is 0 Å². The van der Waals surface area contributed by atoms with Gasteiger partial charge in [0.25, 0.3) is 0 Å². The maximum atomic E-state index is 5.53. The van der Waals surface area contributed by atoms with E-state index in [9.17, 15) is 0 Å². The van der Waals surface area contributed by atoms with Crippen LogP contribution in [0.1, 0.15) is 44.4 Å². The second-order valence-electron chi connectivity index (χ2n) is 5.14. The SMILES string of the molecule is CCNC1CCCCC1c1nc(-c2cc(Br)cs2)no1. The number of aromatic nitrogens is 2. The molecule has 1 fully saturated rings. The first kappa shape index (κ1) is 14.2. The number of nitrogens with one attached hydrogen (secondary N) is 1. The van der Waals surface area contributed by atoms with Crippen molar-refractivity contribution in [3.63, 3.8) is 0 Å². The highest BCUT2D eigenvalue weighted by Crippen LogP contribution is 2.34. The summed E-state index contributed by atoms with van der Waals surface area (Å²) in [5.41, 5.74) is 0. The van der Waals surface area contributed by atoms with Gasteiger partial charge in [-0.1, -0.05) is 24.9 Å². The lowest BCUT2D eigenvalue weighted by atomic mass is 9.84. The predicted molar refractivity (Wildman–Crippen MR) is 84.0 cm³/mol. The predicted octanol–water partition coefficient (Wildman–Crippen LogP) is 4.20. The van der Waals surface area contributed by atoms with E-state index < -0.39 is 0 Å². The topological polar surface area (TPSA) is 51.0 Å². The molecule has 2 heterocycles. The summed E-state index contributed by atoms with van der Waals surface area (Å²) in [4.78, 5) is 5.67. The van der Waals surface area contributed by atoms with Crippen molar-refractivity contribution in [2.45, 2.75) is 44.6 Å². The van der Waals surface area contributed by atoms with Crippen LogP contribution in [0.4, 0.5) is 0 Å². The van der Waals surface area contributed by atoms with Gasteiger partial charge in [-0.2, -0.15) is 4.98 Å². The average Bonchev–Trinajstić information content (AvgIpc) is 3.08. The van der Waals surface area contributed by atoms with Gasteiger partial charge in [-0.25, -0.2) is 0 Å². The van der Waals surface area contributed by atoms with Crippen LogP contribution in [0.15, 0.2) is 20.4 Å². The van der Waals surface area contributed by atoms with Crippen LogP contribution in [0.5, 0.6) is 0 Å². The minimum absolute atomic E-state index is 0.355.